The maximum atomic E-state index is 13.4. The largest absolute Gasteiger partial charge is 0.491 e. The minimum Gasteiger partial charge on any atom is -0.491 e. The molecule has 5 rings (SSSR count). The smallest absolute Gasteiger partial charge is 0.416 e. The Balaban J connectivity index is 1.54. The highest BCUT2D eigenvalue weighted by molar-refractivity contribution is 7.18. The van der Waals surface area contributed by atoms with Gasteiger partial charge >= 0.3 is 12.1 Å². The lowest BCUT2D eigenvalue weighted by Crippen LogP contribution is -2.27. The number of thiophene rings is 1. The van der Waals surface area contributed by atoms with Gasteiger partial charge in [0.15, 0.2) is 0 Å². The highest BCUT2D eigenvalue weighted by Gasteiger charge is 2.32. The van der Waals surface area contributed by atoms with Gasteiger partial charge in [0.05, 0.1) is 50.5 Å². The van der Waals surface area contributed by atoms with Gasteiger partial charge in [-0.1, -0.05) is 11.6 Å². The van der Waals surface area contributed by atoms with Gasteiger partial charge in [-0.15, -0.1) is 11.3 Å². The zero-order valence-electron chi connectivity index (χ0n) is 21.4. The fraction of sp³-hybridized carbons (Fsp3) is 0.138. The third kappa shape index (κ3) is 4.91. The van der Waals surface area contributed by atoms with Gasteiger partial charge in [0.2, 0.25) is 0 Å². The third-order valence-electron chi connectivity index (χ3n) is 6.68. The predicted octanol–water partition coefficient (Wildman–Crippen LogP) is 6.78. The molecule has 0 bridgehead atoms. The lowest BCUT2D eigenvalue weighted by molar-refractivity contribution is -0.137. The number of halogens is 4. The zero-order valence-corrected chi connectivity index (χ0v) is 23.0. The van der Waals surface area contributed by atoms with Crippen molar-refractivity contribution in [2.45, 2.75) is 19.6 Å². The van der Waals surface area contributed by atoms with E-state index in [-0.39, 0.29) is 40.7 Å². The second-order valence-electron chi connectivity index (χ2n) is 9.06. The fourth-order valence-electron chi connectivity index (χ4n) is 4.73. The molecule has 0 saturated heterocycles. The number of nitrogens with zero attached hydrogens (tertiary/aromatic N) is 4. The van der Waals surface area contributed by atoms with Crippen molar-refractivity contribution >= 4 is 49.9 Å². The second-order valence-corrected chi connectivity index (χ2v) is 10.4. The molecule has 0 spiro atoms. The fourth-order valence-corrected chi connectivity index (χ4v) is 5.93. The number of alkyl halides is 3. The van der Waals surface area contributed by atoms with E-state index in [0.717, 1.165) is 0 Å². The molecule has 2 aromatic carbocycles. The van der Waals surface area contributed by atoms with Gasteiger partial charge < -0.3 is 14.4 Å². The number of aromatic nitrogens is 2. The summed E-state index contributed by atoms with van der Waals surface area (Å²) < 4.78 is 48.2. The van der Waals surface area contributed by atoms with E-state index in [1.165, 1.54) is 34.4 Å². The predicted molar refractivity (Wildman–Crippen MR) is 150 cm³/mol. The summed E-state index contributed by atoms with van der Waals surface area (Å²) in [6.45, 7) is 1.23. The Bertz CT molecular complexity index is 2070. The van der Waals surface area contributed by atoms with Crippen molar-refractivity contribution in [2.24, 2.45) is 0 Å². The minimum absolute atomic E-state index is 0.0555. The van der Waals surface area contributed by atoms with Crippen LogP contribution in [0.4, 0.5) is 13.2 Å². The van der Waals surface area contributed by atoms with E-state index in [2.05, 4.69) is 4.98 Å². The first kappa shape index (κ1) is 28.6. The Morgan fingerprint density at radius 2 is 1.93 bits per heavy atom. The summed E-state index contributed by atoms with van der Waals surface area (Å²) in [7, 11) is 0. The Hall–Kier alpha value is -4.91. The van der Waals surface area contributed by atoms with Crippen LogP contribution in [0.3, 0.4) is 0 Å². The Morgan fingerprint density at radius 1 is 1.17 bits per heavy atom. The maximum Gasteiger partial charge on any atom is 0.416 e. The van der Waals surface area contributed by atoms with Gasteiger partial charge in [0.25, 0.3) is 5.56 Å². The molecule has 42 heavy (non-hydrogen) atoms. The number of hydrogen-bond acceptors (Lipinski definition) is 7. The molecule has 5 aromatic rings. The molecule has 8 nitrogen and oxygen atoms in total. The van der Waals surface area contributed by atoms with Gasteiger partial charge in [-0.25, -0.2) is 4.79 Å². The van der Waals surface area contributed by atoms with E-state index < -0.39 is 28.8 Å². The molecule has 0 saturated carbocycles. The van der Waals surface area contributed by atoms with Crippen LogP contribution in [-0.2, 0) is 12.7 Å². The molecule has 0 unspecified atom stereocenters. The number of fused-ring (bicyclic) bond motifs is 2. The molecule has 3 aromatic heterocycles. The topological polar surface area (TPSA) is 129 Å². The van der Waals surface area contributed by atoms with Crippen molar-refractivity contribution in [3.63, 3.8) is 0 Å². The van der Waals surface area contributed by atoms with Crippen LogP contribution in [0.15, 0.2) is 52.8 Å². The summed E-state index contributed by atoms with van der Waals surface area (Å²) in [4.78, 5) is 29.2. The Kier molecular flexibility index (Phi) is 7.37. The van der Waals surface area contributed by atoms with Crippen LogP contribution in [0.2, 0.25) is 5.02 Å². The highest BCUT2D eigenvalue weighted by Crippen LogP contribution is 2.40. The zero-order chi connectivity index (χ0) is 30.3. The molecule has 0 amide bonds. The molecule has 0 aliphatic rings. The van der Waals surface area contributed by atoms with Crippen molar-refractivity contribution in [1.82, 2.24) is 9.55 Å². The van der Waals surface area contributed by atoms with Gasteiger partial charge in [-0.3, -0.25) is 9.78 Å². The SMILES string of the molecule is Cc1c(C#N)c2cc(C(F)(F)F)cc(C#N)c2c(=O)n1CCOc1ccc(Cl)cc1-c1ccnc2c(C(=O)O)csc12. The Labute approximate surface area is 244 Å². The normalized spacial score (nSPS) is 11.4. The molecule has 1 N–H and O–H groups in total. The second kappa shape index (κ2) is 10.8. The molecule has 13 heteroatoms. The summed E-state index contributed by atoms with van der Waals surface area (Å²) in [6.07, 6.45) is -3.31. The third-order valence-corrected chi connectivity index (χ3v) is 7.92. The molecule has 0 radical (unpaired) electrons. The lowest BCUT2D eigenvalue weighted by atomic mass is 9.97. The van der Waals surface area contributed by atoms with Crippen LogP contribution >= 0.6 is 22.9 Å². The van der Waals surface area contributed by atoms with E-state index in [0.29, 0.717) is 44.2 Å². The van der Waals surface area contributed by atoms with E-state index in [1.54, 1.807) is 30.3 Å². The summed E-state index contributed by atoms with van der Waals surface area (Å²) in [5, 5.41) is 30.2. The molecule has 3 heterocycles. The number of hydrogen-bond donors (Lipinski definition) is 1. The first-order valence-electron chi connectivity index (χ1n) is 12.1. The van der Waals surface area contributed by atoms with E-state index in [1.807, 2.05) is 6.07 Å². The number of rotatable bonds is 6. The van der Waals surface area contributed by atoms with E-state index in [4.69, 9.17) is 16.3 Å². The average molecular weight is 609 g/mol. The van der Waals surface area contributed by atoms with Crippen LogP contribution in [-0.4, -0.2) is 27.2 Å². The van der Waals surface area contributed by atoms with Gasteiger partial charge in [-0.2, -0.15) is 23.7 Å². The molecular formula is C29H16ClF3N4O4S. The van der Waals surface area contributed by atoms with E-state index >= 15 is 0 Å². The van der Waals surface area contributed by atoms with Crippen molar-refractivity contribution in [2.75, 3.05) is 6.61 Å². The van der Waals surface area contributed by atoms with Crippen LogP contribution < -0.4 is 10.3 Å². The quantitative estimate of drug-likeness (QED) is 0.225. The minimum atomic E-state index is -4.78. The summed E-state index contributed by atoms with van der Waals surface area (Å²) >= 11 is 7.47. The summed E-state index contributed by atoms with van der Waals surface area (Å²) in [5.41, 5.74) is -0.874. The number of carbonyl (C=O) groups is 1. The molecule has 0 aliphatic heterocycles. The molecule has 0 fully saturated rings. The van der Waals surface area contributed by atoms with Crippen molar-refractivity contribution < 1.29 is 27.8 Å². The number of pyridine rings is 2. The molecular weight excluding hydrogens is 593 g/mol. The summed E-state index contributed by atoms with van der Waals surface area (Å²) in [5.74, 6) is -0.757. The van der Waals surface area contributed by atoms with Crippen LogP contribution in [0.5, 0.6) is 5.75 Å². The monoisotopic (exact) mass is 608 g/mol. The first-order chi connectivity index (χ1) is 20.0. The number of nitriles is 2. The molecule has 0 atom stereocenters. The average Bonchev–Trinajstić information content (AvgIpc) is 3.39. The highest BCUT2D eigenvalue weighted by atomic mass is 35.5. The molecule has 210 valence electrons. The van der Waals surface area contributed by atoms with Crippen molar-refractivity contribution in [1.29, 1.82) is 10.5 Å². The van der Waals surface area contributed by atoms with Crippen LogP contribution in [0.25, 0.3) is 32.1 Å². The standard InChI is InChI=1S/C29H16ClF3N4O4S/c1-14-21(12-35)20-9-16(29(31,32)33)8-15(11-34)24(20)27(38)37(14)6-7-41-23-3-2-17(30)10-19(23)18-4-5-36-25-22(28(39)40)13-42-26(18)25/h2-5,8-10,13H,6-7H2,1H3,(H,39,40). The number of ether oxygens (including phenoxy) is 1. The number of carboxylic acids is 1. The van der Waals surface area contributed by atoms with Crippen LogP contribution in [0, 0.1) is 29.6 Å². The number of benzene rings is 2. The van der Waals surface area contributed by atoms with Crippen LogP contribution in [0.1, 0.15) is 32.7 Å². The lowest BCUT2D eigenvalue weighted by Gasteiger charge is -2.17. The van der Waals surface area contributed by atoms with E-state index in [9.17, 15) is 38.4 Å². The summed E-state index contributed by atoms with van der Waals surface area (Å²) in [6, 6.07) is 11.4. The van der Waals surface area contributed by atoms with Gasteiger partial charge in [0.1, 0.15) is 18.4 Å². The first-order valence-corrected chi connectivity index (χ1v) is 13.3. The maximum absolute atomic E-state index is 13.4. The van der Waals surface area contributed by atoms with Gasteiger partial charge in [-0.05, 0) is 43.3 Å². The van der Waals surface area contributed by atoms with Crippen molar-refractivity contribution in [3.05, 3.63) is 91.3 Å². The van der Waals surface area contributed by atoms with Gasteiger partial charge in [0, 0.05) is 38.8 Å². The van der Waals surface area contributed by atoms with Crippen molar-refractivity contribution in [3.8, 4) is 29.0 Å². The number of carboxylic acid groups (broad SMARTS) is 1. The Morgan fingerprint density at radius 3 is 2.60 bits per heavy atom. The number of aromatic carboxylic acids is 1. The molecule has 0 aliphatic carbocycles.